The van der Waals surface area contributed by atoms with Gasteiger partial charge >= 0.3 is 6.18 Å². The third-order valence-corrected chi connectivity index (χ3v) is 6.86. The van der Waals surface area contributed by atoms with E-state index in [9.17, 15) is 23.4 Å². The number of nitrogens with zero attached hydrogens (tertiary/aromatic N) is 3. The van der Waals surface area contributed by atoms with Crippen LogP contribution < -0.4 is 5.32 Å². The number of hydrogen-bond acceptors (Lipinski definition) is 7. The maximum Gasteiger partial charge on any atom is 0.433 e. The maximum absolute atomic E-state index is 12.9. The van der Waals surface area contributed by atoms with E-state index in [0.29, 0.717) is 36.4 Å². The van der Waals surface area contributed by atoms with Gasteiger partial charge in [-0.15, -0.1) is 11.3 Å². The van der Waals surface area contributed by atoms with Crippen molar-refractivity contribution in [3.8, 4) is 10.4 Å². The van der Waals surface area contributed by atoms with Gasteiger partial charge < -0.3 is 15.5 Å². The number of thiazole rings is 1. The van der Waals surface area contributed by atoms with Gasteiger partial charge in [-0.05, 0) is 68.9 Å². The van der Waals surface area contributed by atoms with Gasteiger partial charge in [0.25, 0.3) is 0 Å². The lowest BCUT2D eigenvalue weighted by molar-refractivity contribution is -0.141. The summed E-state index contributed by atoms with van der Waals surface area (Å²) in [5, 5.41) is 24.7. The molecule has 0 saturated heterocycles. The lowest BCUT2D eigenvalue weighted by Crippen LogP contribution is -2.39. The van der Waals surface area contributed by atoms with Crippen molar-refractivity contribution in [2.75, 3.05) is 5.32 Å². The number of alkyl halides is 3. The van der Waals surface area contributed by atoms with Crippen LogP contribution in [-0.4, -0.2) is 30.8 Å². The number of hydrogen-bond donors (Lipinski definition) is 3. The molecule has 3 N–H and O–H groups in total. The number of aryl methyl sites for hydroxylation is 1. The number of anilines is 2. The number of benzene rings is 1. The van der Waals surface area contributed by atoms with Gasteiger partial charge in [-0.3, -0.25) is 0 Å². The predicted octanol–water partition coefficient (Wildman–Crippen LogP) is 5.18. The first-order chi connectivity index (χ1) is 14.9. The van der Waals surface area contributed by atoms with Gasteiger partial charge in [0.1, 0.15) is 16.3 Å². The Morgan fingerprint density at radius 2 is 1.78 bits per heavy atom. The Morgan fingerprint density at radius 3 is 2.47 bits per heavy atom. The molecule has 10 heteroatoms. The predicted molar refractivity (Wildman–Crippen MR) is 116 cm³/mol. The minimum Gasteiger partial charge on any atom is -0.390 e. The zero-order valence-electron chi connectivity index (χ0n) is 17.6. The molecule has 32 heavy (non-hydrogen) atoms. The minimum atomic E-state index is -4.55. The quantitative estimate of drug-likeness (QED) is 0.493. The fourth-order valence-corrected chi connectivity index (χ4v) is 4.79. The van der Waals surface area contributed by atoms with E-state index in [4.69, 9.17) is 0 Å². The largest absolute Gasteiger partial charge is 0.433 e. The summed E-state index contributed by atoms with van der Waals surface area (Å²) < 4.78 is 38.8. The lowest BCUT2D eigenvalue weighted by atomic mass is 9.77. The number of nitrogens with one attached hydrogen (secondary N) is 1. The smallest absolute Gasteiger partial charge is 0.390 e. The highest BCUT2D eigenvalue weighted by molar-refractivity contribution is 7.15. The molecule has 1 aliphatic carbocycles. The van der Waals surface area contributed by atoms with Crippen LogP contribution in [0, 0.1) is 6.92 Å². The van der Waals surface area contributed by atoms with Gasteiger partial charge in [0, 0.05) is 18.1 Å². The molecular weight excluding hydrogens is 441 g/mol. The average molecular weight is 465 g/mol. The second kappa shape index (κ2) is 8.09. The summed E-state index contributed by atoms with van der Waals surface area (Å²) in [6.45, 7) is 3.65. The molecule has 2 heterocycles. The summed E-state index contributed by atoms with van der Waals surface area (Å²) in [5.74, 6) is -0.148. The first-order valence-electron chi connectivity index (χ1n) is 10.1. The van der Waals surface area contributed by atoms with E-state index in [1.54, 1.807) is 25.3 Å². The molecule has 1 aromatic carbocycles. The van der Waals surface area contributed by atoms with E-state index in [1.165, 1.54) is 11.3 Å². The molecule has 0 radical (unpaired) electrons. The Morgan fingerprint density at radius 1 is 1.06 bits per heavy atom. The SMILES string of the molecule is Cc1cc(Nc2nccc(C(F)(F)F)n2)cc(-c2cnc([C@]3(O)CC[C@](C)(O)CC3)s2)c1. The highest BCUT2D eigenvalue weighted by Gasteiger charge is 2.41. The summed E-state index contributed by atoms with van der Waals surface area (Å²) in [5.41, 5.74) is -0.609. The highest BCUT2D eigenvalue weighted by atomic mass is 32.1. The van der Waals surface area contributed by atoms with Crippen LogP contribution >= 0.6 is 11.3 Å². The Hall–Kier alpha value is -2.56. The molecule has 1 saturated carbocycles. The van der Waals surface area contributed by atoms with E-state index in [0.717, 1.165) is 28.3 Å². The van der Waals surface area contributed by atoms with Crippen LogP contribution in [0.2, 0.25) is 0 Å². The molecule has 0 bridgehead atoms. The first kappa shape index (κ1) is 22.6. The zero-order valence-corrected chi connectivity index (χ0v) is 18.4. The van der Waals surface area contributed by atoms with Crippen LogP contribution in [0.4, 0.5) is 24.8 Å². The molecular formula is C22H23F3N4O2S. The van der Waals surface area contributed by atoms with E-state index in [1.807, 2.05) is 13.0 Å². The summed E-state index contributed by atoms with van der Waals surface area (Å²) >= 11 is 1.37. The molecule has 0 unspecified atom stereocenters. The van der Waals surface area contributed by atoms with Crippen molar-refractivity contribution in [3.05, 3.63) is 52.9 Å². The Kier molecular flexibility index (Phi) is 5.72. The summed E-state index contributed by atoms with van der Waals surface area (Å²) in [7, 11) is 0. The lowest BCUT2D eigenvalue weighted by Gasteiger charge is -2.37. The third-order valence-electron chi connectivity index (χ3n) is 5.62. The molecule has 0 atom stereocenters. The van der Waals surface area contributed by atoms with Crippen molar-refractivity contribution >= 4 is 23.0 Å². The fourth-order valence-electron chi connectivity index (χ4n) is 3.74. The molecule has 0 spiro atoms. The van der Waals surface area contributed by atoms with Gasteiger partial charge in [0.2, 0.25) is 5.95 Å². The molecule has 0 aliphatic heterocycles. The number of rotatable bonds is 4. The average Bonchev–Trinajstić information content (AvgIpc) is 3.21. The van der Waals surface area contributed by atoms with Crippen LogP contribution in [0.15, 0.2) is 36.7 Å². The first-order valence-corrected chi connectivity index (χ1v) is 11.0. The van der Waals surface area contributed by atoms with Crippen molar-refractivity contribution < 1.29 is 23.4 Å². The van der Waals surface area contributed by atoms with Crippen LogP contribution in [0.5, 0.6) is 0 Å². The van der Waals surface area contributed by atoms with Gasteiger partial charge in [-0.2, -0.15) is 13.2 Å². The van der Waals surface area contributed by atoms with Crippen molar-refractivity contribution in [2.24, 2.45) is 0 Å². The van der Waals surface area contributed by atoms with E-state index >= 15 is 0 Å². The molecule has 4 rings (SSSR count). The van der Waals surface area contributed by atoms with Gasteiger partial charge in [0.05, 0.1) is 10.5 Å². The standard InChI is InChI=1S/C22H23F3N4O2S/c1-13-9-14(11-15(10-13)28-19-26-8-3-17(29-19)22(23,24)25)16-12-27-18(32-16)21(31)6-4-20(2,30)5-7-21/h3,8-12,30-31H,4-7H2,1-2H3,(H,26,28,29)/t20-,21-. The van der Waals surface area contributed by atoms with E-state index in [2.05, 4.69) is 20.3 Å². The molecule has 2 aromatic heterocycles. The molecule has 1 fully saturated rings. The Labute approximate surface area is 187 Å². The number of aliphatic hydroxyl groups is 2. The van der Waals surface area contributed by atoms with Gasteiger partial charge in [-0.1, -0.05) is 6.07 Å². The summed E-state index contributed by atoms with van der Waals surface area (Å²) in [6, 6.07) is 6.32. The van der Waals surface area contributed by atoms with Gasteiger partial charge in [-0.25, -0.2) is 15.0 Å². The van der Waals surface area contributed by atoms with E-state index < -0.39 is 23.1 Å². The second-order valence-corrected chi connectivity index (χ2v) is 9.56. The second-order valence-electron chi connectivity index (χ2n) is 8.53. The van der Waals surface area contributed by atoms with Crippen LogP contribution in [0.25, 0.3) is 10.4 Å². The molecule has 6 nitrogen and oxygen atoms in total. The third kappa shape index (κ3) is 4.92. The fraction of sp³-hybridized carbons (Fsp3) is 0.409. The number of aromatic nitrogens is 3. The maximum atomic E-state index is 12.9. The van der Waals surface area contributed by atoms with Crippen molar-refractivity contribution in [2.45, 2.75) is 56.9 Å². The molecule has 1 aliphatic rings. The normalized spacial score (nSPS) is 23.8. The van der Waals surface area contributed by atoms with Gasteiger partial charge in [0.15, 0.2) is 0 Å². The van der Waals surface area contributed by atoms with Crippen molar-refractivity contribution in [1.82, 2.24) is 15.0 Å². The minimum absolute atomic E-state index is 0.148. The summed E-state index contributed by atoms with van der Waals surface area (Å²) in [4.78, 5) is 12.7. The Bertz CT molecular complexity index is 1120. The highest BCUT2D eigenvalue weighted by Crippen LogP contribution is 2.44. The molecule has 170 valence electrons. The zero-order chi connectivity index (χ0) is 23.1. The Balaban J connectivity index is 1.58. The molecule has 0 amide bonds. The topological polar surface area (TPSA) is 91.2 Å². The van der Waals surface area contributed by atoms with Crippen molar-refractivity contribution in [3.63, 3.8) is 0 Å². The van der Waals surface area contributed by atoms with Crippen molar-refractivity contribution in [1.29, 1.82) is 0 Å². The summed E-state index contributed by atoms with van der Waals surface area (Å²) in [6.07, 6.45) is 0.0440. The monoisotopic (exact) mass is 464 g/mol. The van der Waals surface area contributed by atoms with Crippen LogP contribution in [-0.2, 0) is 11.8 Å². The number of halogens is 3. The van der Waals surface area contributed by atoms with E-state index in [-0.39, 0.29) is 5.95 Å². The van der Waals surface area contributed by atoms with Crippen LogP contribution in [0.1, 0.15) is 48.9 Å². The molecule has 3 aromatic rings. The van der Waals surface area contributed by atoms with Crippen LogP contribution in [0.3, 0.4) is 0 Å².